The van der Waals surface area contributed by atoms with Crippen LogP contribution in [0.5, 0.6) is 0 Å². The van der Waals surface area contributed by atoms with Crippen molar-refractivity contribution in [2.45, 2.75) is 27.7 Å². The molecule has 3 nitrogen and oxygen atoms in total. The number of pyridine rings is 1. The zero-order valence-electron chi connectivity index (χ0n) is 17.9. The van der Waals surface area contributed by atoms with Gasteiger partial charge in [0, 0.05) is 31.1 Å². The van der Waals surface area contributed by atoms with E-state index in [0.717, 1.165) is 22.3 Å². The first-order valence-corrected chi connectivity index (χ1v) is 10.5. The number of fused-ring (bicyclic) bond motifs is 1. The van der Waals surface area contributed by atoms with Crippen LogP contribution in [0.4, 0.5) is 0 Å². The first-order chi connectivity index (χ1) is 14.3. The monoisotopic (exact) mass is 607 g/mol. The summed E-state index contributed by atoms with van der Waals surface area (Å²) in [5.41, 5.74) is 6.75. The van der Waals surface area contributed by atoms with Crippen LogP contribution in [0.1, 0.15) is 25.0 Å². The van der Waals surface area contributed by atoms with Crippen molar-refractivity contribution >= 4 is 27.3 Å². The molecule has 0 saturated heterocycles. The Kier molecular flexibility index (Phi) is 8.87. The predicted octanol–water partition coefficient (Wildman–Crippen LogP) is 7.08. The van der Waals surface area contributed by atoms with E-state index in [-0.39, 0.29) is 31.6 Å². The van der Waals surface area contributed by atoms with Crippen molar-refractivity contribution < 1.29 is 30.0 Å². The summed E-state index contributed by atoms with van der Waals surface area (Å²) in [6.07, 6.45) is 1.17. The quantitative estimate of drug-likeness (QED) is 0.154. The standard InChI is InChI=1S/C21H16NS.C5H8O2.Ir/c1-14-10-15(2)12-17(11-14)18-8-9-20-19(22-18)13-21(23-20)16-6-4-3-5-7-16;1-4(6)3-5(2)7;/h3-11,13H,1-2H3;3,6H,1-2H3;/q-1;;. The molecule has 1 N–H and O–H groups in total. The molecule has 0 fully saturated rings. The van der Waals surface area contributed by atoms with Gasteiger partial charge in [-0.15, -0.1) is 46.2 Å². The van der Waals surface area contributed by atoms with E-state index in [1.54, 1.807) is 11.3 Å². The molecule has 0 amide bonds. The van der Waals surface area contributed by atoms with Gasteiger partial charge in [-0.05, 0) is 37.2 Å². The van der Waals surface area contributed by atoms with E-state index in [2.05, 4.69) is 74.5 Å². The number of rotatable bonds is 3. The number of nitrogens with zero attached hydrogens (tertiary/aromatic N) is 1. The Morgan fingerprint density at radius 3 is 2.32 bits per heavy atom. The van der Waals surface area contributed by atoms with E-state index in [4.69, 9.17) is 10.1 Å². The van der Waals surface area contributed by atoms with Crippen LogP contribution in [0.25, 0.3) is 31.9 Å². The zero-order chi connectivity index (χ0) is 21.7. The molecule has 5 heteroatoms. The summed E-state index contributed by atoms with van der Waals surface area (Å²) in [6.45, 7) is 7.04. The first kappa shape index (κ1) is 24.7. The molecular weight excluding hydrogens is 583 g/mol. The van der Waals surface area contributed by atoms with E-state index in [1.165, 1.54) is 40.6 Å². The van der Waals surface area contributed by atoms with Gasteiger partial charge in [0.15, 0.2) is 5.78 Å². The summed E-state index contributed by atoms with van der Waals surface area (Å²) < 4.78 is 1.22. The predicted molar refractivity (Wildman–Crippen MR) is 126 cm³/mol. The molecule has 2 heterocycles. The van der Waals surface area contributed by atoms with Gasteiger partial charge in [-0.25, -0.2) is 0 Å². The molecule has 0 spiro atoms. The van der Waals surface area contributed by atoms with Crippen molar-refractivity contribution in [3.05, 3.63) is 89.7 Å². The second-order valence-corrected chi connectivity index (χ2v) is 8.29. The van der Waals surface area contributed by atoms with Crippen molar-refractivity contribution in [2.75, 3.05) is 0 Å². The van der Waals surface area contributed by atoms with Crippen molar-refractivity contribution in [1.29, 1.82) is 0 Å². The molecule has 161 valence electrons. The van der Waals surface area contributed by atoms with E-state index in [0.29, 0.717) is 0 Å². The normalized spacial score (nSPS) is 10.8. The number of allylic oxidation sites excluding steroid dienone is 2. The minimum atomic E-state index is -0.125. The average Bonchev–Trinajstić information content (AvgIpc) is 3.11. The van der Waals surface area contributed by atoms with Gasteiger partial charge >= 0.3 is 0 Å². The van der Waals surface area contributed by atoms with Crippen LogP contribution >= 0.6 is 11.3 Å². The average molecular weight is 607 g/mol. The molecule has 0 aliphatic carbocycles. The summed E-state index contributed by atoms with van der Waals surface area (Å²) in [5.74, 6) is -0.0625. The Morgan fingerprint density at radius 2 is 1.74 bits per heavy atom. The van der Waals surface area contributed by atoms with Gasteiger partial charge in [0.05, 0.1) is 16.0 Å². The Bertz CT molecular complexity index is 1190. The topological polar surface area (TPSA) is 50.2 Å². The Balaban J connectivity index is 0.000000373. The Morgan fingerprint density at radius 1 is 1.03 bits per heavy atom. The third-order valence-electron chi connectivity index (χ3n) is 4.27. The molecule has 4 rings (SSSR count). The fourth-order valence-electron chi connectivity index (χ4n) is 3.15. The molecule has 1 radical (unpaired) electrons. The smallest absolute Gasteiger partial charge is 0.155 e. The van der Waals surface area contributed by atoms with Gasteiger partial charge in [-0.1, -0.05) is 50.2 Å². The number of aliphatic hydroxyl groups is 1. The summed E-state index contributed by atoms with van der Waals surface area (Å²) in [4.78, 5) is 16.1. The fourth-order valence-corrected chi connectivity index (χ4v) is 4.15. The van der Waals surface area contributed by atoms with Gasteiger partial charge < -0.3 is 5.11 Å². The number of carbonyl (C=O) groups is 1. The number of aliphatic hydroxyl groups excluding tert-OH is 1. The van der Waals surface area contributed by atoms with Gasteiger partial charge in [-0.3, -0.25) is 9.78 Å². The number of benzene rings is 2. The third-order valence-corrected chi connectivity index (χ3v) is 5.41. The number of aryl methyl sites for hydroxylation is 2. The van der Waals surface area contributed by atoms with Gasteiger partial charge in [0.1, 0.15) is 0 Å². The van der Waals surface area contributed by atoms with Gasteiger partial charge in [0.2, 0.25) is 0 Å². The summed E-state index contributed by atoms with van der Waals surface area (Å²) >= 11 is 1.79. The van der Waals surface area contributed by atoms with Crippen molar-refractivity contribution in [1.82, 2.24) is 4.98 Å². The van der Waals surface area contributed by atoms with Crippen LogP contribution in [-0.4, -0.2) is 15.9 Å². The van der Waals surface area contributed by atoms with Gasteiger partial charge in [0.25, 0.3) is 0 Å². The molecule has 0 aliphatic rings. The minimum Gasteiger partial charge on any atom is -0.512 e. The van der Waals surface area contributed by atoms with Crippen LogP contribution in [0.3, 0.4) is 0 Å². The number of ketones is 1. The second-order valence-electron chi connectivity index (χ2n) is 7.21. The van der Waals surface area contributed by atoms with E-state index in [9.17, 15) is 4.79 Å². The van der Waals surface area contributed by atoms with Crippen molar-refractivity contribution in [3.63, 3.8) is 0 Å². The molecular formula is C26H24IrNO2S-. The van der Waals surface area contributed by atoms with E-state index < -0.39 is 0 Å². The summed E-state index contributed by atoms with van der Waals surface area (Å²) in [6, 6.07) is 24.6. The molecule has 0 bridgehead atoms. The maximum Gasteiger partial charge on any atom is 0.155 e. The maximum absolute atomic E-state index is 10.0. The molecule has 0 atom stereocenters. The molecule has 31 heavy (non-hydrogen) atoms. The van der Waals surface area contributed by atoms with Crippen LogP contribution in [-0.2, 0) is 24.9 Å². The van der Waals surface area contributed by atoms with E-state index in [1.807, 2.05) is 6.07 Å². The number of hydrogen-bond acceptors (Lipinski definition) is 4. The van der Waals surface area contributed by atoms with Crippen molar-refractivity contribution in [2.24, 2.45) is 0 Å². The number of hydrogen-bond donors (Lipinski definition) is 1. The van der Waals surface area contributed by atoms with E-state index >= 15 is 0 Å². The largest absolute Gasteiger partial charge is 0.512 e. The molecule has 2 aromatic carbocycles. The number of carbonyl (C=O) groups excluding carboxylic acids is 1. The number of thiophene rings is 1. The molecule has 0 saturated carbocycles. The summed E-state index contributed by atoms with van der Waals surface area (Å²) in [7, 11) is 0. The SMILES string of the molecule is CC(=O)C=C(C)O.Cc1[c-]c(-c2ccc3sc(-c4ccccc4)cc3n2)cc(C)c1.[Ir]. The number of aromatic nitrogens is 1. The fraction of sp³-hybridized carbons (Fsp3) is 0.154. The molecule has 0 aliphatic heterocycles. The van der Waals surface area contributed by atoms with Crippen molar-refractivity contribution in [3.8, 4) is 21.7 Å². The zero-order valence-corrected chi connectivity index (χ0v) is 21.1. The third kappa shape index (κ3) is 6.96. The molecule has 0 unspecified atom stereocenters. The Hall–Kier alpha value is -2.59. The first-order valence-electron chi connectivity index (χ1n) is 9.66. The van der Waals surface area contributed by atoms with Crippen LogP contribution in [0.15, 0.2) is 72.5 Å². The minimum absolute atomic E-state index is 0. The molecule has 2 aromatic heterocycles. The maximum atomic E-state index is 10.0. The van der Waals surface area contributed by atoms with Crippen LogP contribution < -0.4 is 0 Å². The molecule has 4 aromatic rings. The van der Waals surface area contributed by atoms with Crippen LogP contribution in [0.2, 0.25) is 0 Å². The van der Waals surface area contributed by atoms with Crippen LogP contribution in [0, 0.1) is 19.9 Å². The second kappa shape index (κ2) is 11.1. The summed E-state index contributed by atoms with van der Waals surface area (Å²) in [5, 5.41) is 8.36. The Labute approximate surface area is 200 Å². The van der Waals surface area contributed by atoms with Gasteiger partial charge in [-0.2, -0.15) is 0 Å².